The van der Waals surface area contributed by atoms with Crippen LogP contribution in [0.3, 0.4) is 0 Å². The number of ether oxygens (including phenoxy) is 1. The highest BCUT2D eigenvalue weighted by Crippen LogP contribution is 2.32. The van der Waals surface area contributed by atoms with Gasteiger partial charge in [0.2, 0.25) is 0 Å². The second kappa shape index (κ2) is 5.37. The summed E-state index contributed by atoms with van der Waals surface area (Å²) in [4.78, 5) is 11.4. The molecule has 1 aromatic carbocycles. The molecule has 0 fully saturated rings. The molecular weight excluding hydrogens is 252 g/mol. The standard InChI is InChI=1S/C12H12F4O2/c1-7(2)6-18-11(17)8-3-4-10(13)9(5-8)12(14,15)16/h3-5,7H,6H2,1-2H3. The fourth-order valence-corrected chi connectivity index (χ4v) is 1.20. The third-order valence-corrected chi connectivity index (χ3v) is 2.06. The highest BCUT2D eigenvalue weighted by atomic mass is 19.4. The Labute approximate surface area is 102 Å². The Morgan fingerprint density at radius 3 is 2.44 bits per heavy atom. The van der Waals surface area contributed by atoms with E-state index >= 15 is 0 Å². The minimum absolute atomic E-state index is 0.0662. The molecule has 0 aliphatic rings. The molecule has 0 amide bonds. The van der Waals surface area contributed by atoms with Gasteiger partial charge in [-0.3, -0.25) is 0 Å². The summed E-state index contributed by atoms with van der Waals surface area (Å²) < 4.78 is 55.0. The number of benzene rings is 1. The first-order chi connectivity index (χ1) is 8.21. The van der Waals surface area contributed by atoms with Crippen LogP contribution in [0.1, 0.15) is 29.8 Å². The predicted molar refractivity (Wildman–Crippen MR) is 56.5 cm³/mol. The molecular formula is C12H12F4O2. The van der Waals surface area contributed by atoms with E-state index in [4.69, 9.17) is 4.74 Å². The molecule has 0 saturated carbocycles. The first-order valence-corrected chi connectivity index (χ1v) is 5.25. The molecule has 6 heteroatoms. The maximum absolute atomic E-state index is 13.0. The number of rotatable bonds is 3. The van der Waals surface area contributed by atoms with E-state index in [1.165, 1.54) is 0 Å². The summed E-state index contributed by atoms with van der Waals surface area (Å²) in [7, 11) is 0. The van der Waals surface area contributed by atoms with E-state index in [1.807, 2.05) is 0 Å². The summed E-state index contributed by atoms with van der Waals surface area (Å²) >= 11 is 0. The van der Waals surface area contributed by atoms with Crippen molar-refractivity contribution in [2.45, 2.75) is 20.0 Å². The molecule has 0 spiro atoms. The second-order valence-electron chi connectivity index (χ2n) is 4.18. The molecule has 1 aromatic rings. The lowest BCUT2D eigenvalue weighted by Crippen LogP contribution is -2.13. The maximum Gasteiger partial charge on any atom is 0.419 e. The number of alkyl halides is 3. The van der Waals surface area contributed by atoms with Crippen LogP contribution in [-0.2, 0) is 10.9 Å². The molecule has 2 nitrogen and oxygen atoms in total. The summed E-state index contributed by atoms with van der Waals surface area (Å²) in [5.41, 5.74) is -1.79. The quantitative estimate of drug-likeness (QED) is 0.615. The molecule has 0 radical (unpaired) electrons. The number of carbonyl (C=O) groups is 1. The van der Waals surface area contributed by atoms with Crippen LogP contribution in [0.4, 0.5) is 17.6 Å². The van der Waals surface area contributed by atoms with Crippen molar-refractivity contribution in [1.29, 1.82) is 0 Å². The zero-order valence-electron chi connectivity index (χ0n) is 9.84. The van der Waals surface area contributed by atoms with Crippen molar-refractivity contribution in [2.24, 2.45) is 5.92 Å². The van der Waals surface area contributed by atoms with Gasteiger partial charge >= 0.3 is 12.1 Å². The Morgan fingerprint density at radius 1 is 1.33 bits per heavy atom. The van der Waals surface area contributed by atoms with E-state index in [9.17, 15) is 22.4 Å². The Morgan fingerprint density at radius 2 is 1.94 bits per heavy atom. The molecule has 0 atom stereocenters. The molecule has 1 rings (SSSR count). The van der Waals surface area contributed by atoms with Crippen molar-refractivity contribution in [3.8, 4) is 0 Å². The second-order valence-corrected chi connectivity index (χ2v) is 4.18. The topological polar surface area (TPSA) is 26.3 Å². The van der Waals surface area contributed by atoms with Crippen molar-refractivity contribution in [1.82, 2.24) is 0 Å². The molecule has 0 heterocycles. The highest BCUT2D eigenvalue weighted by molar-refractivity contribution is 5.89. The van der Waals surface area contributed by atoms with Gasteiger partial charge in [-0.2, -0.15) is 13.2 Å². The number of halogens is 4. The Hall–Kier alpha value is -1.59. The molecule has 0 unspecified atom stereocenters. The molecule has 0 bridgehead atoms. The largest absolute Gasteiger partial charge is 0.462 e. The SMILES string of the molecule is CC(C)COC(=O)c1ccc(F)c(C(F)(F)F)c1. The molecule has 100 valence electrons. The van der Waals surface area contributed by atoms with Gasteiger partial charge in [-0.05, 0) is 24.1 Å². The van der Waals surface area contributed by atoms with Gasteiger partial charge in [-0.1, -0.05) is 13.8 Å². The summed E-state index contributed by atoms with van der Waals surface area (Å²) in [6, 6.07) is 2.03. The first kappa shape index (κ1) is 14.5. The van der Waals surface area contributed by atoms with E-state index in [1.54, 1.807) is 13.8 Å². The van der Waals surface area contributed by atoms with Gasteiger partial charge in [0.15, 0.2) is 0 Å². The van der Waals surface area contributed by atoms with Gasteiger partial charge < -0.3 is 4.74 Å². The number of carbonyl (C=O) groups excluding carboxylic acids is 1. The normalized spacial score (nSPS) is 11.7. The smallest absolute Gasteiger partial charge is 0.419 e. The van der Waals surface area contributed by atoms with Crippen LogP contribution in [0.2, 0.25) is 0 Å². The van der Waals surface area contributed by atoms with Crippen molar-refractivity contribution < 1.29 is 27.1 Å². The fraction of sp³-hybridized carbons (Fsp3) is 0.417. The van der Waals surface area contributed by atoms with Crippen LogP contribution in [0.15, 0.2) is 18.2 Å². The lowest BCUT2D eigenvalue weighted by Gasteiger charge is -2.10. The van der Waals surface area contributed by atoms with Gasteiger partial charge in [0, 0.05) is 0 Å². The van der Waals surface area contributed by atoms with Crippen molar-refractivity contribution in [3.63, 3.8) is 0 Å². The van der Waals surface area contributed by atoms with Gasteiger partial charge in [0.05, 0.1) is 17.7 Å². The van der Waals surface area contributed by atoms with Crippen LogP contribution in [0.25, 0.3) is 0 Å². The van der Waals surface area contributed by atoms with Gasteiger partial charge in [-0.15, -0.1) is 0 Å². The van der Waals surface area contributed by atoms with Crippen LogP contribution >= 0.6 is 0 Å². The number of hydrogen-bond donors (Lipinski definition) is 0. The Bertz CT molecular complexity index is 438. The summed E-state index contributed by atoms with van der Waals surface area (Å²) in [5.74, 6) is -2.24. The van der Waals surface area contributed by atoms with Gasteiger partial charge in [-0.25, -0.2) is 9.18 Å². The lowest BCUT2D eigenvalue weighted by atomic mass is 10.1. The monoisotopic (exact) mass is 264 g/mol. The van der Waals surface area contributed by atoms with Crippen molar-refractivity contribution in [2.75, 3.05) is 6.61 Å². The summed E-state index contributed by atoms with van der Waals surface area (Å²) in [6.45, 7) is 3.68. The number of hydrogen-bond acceptors (Lipinski definition) is 2. The van der Waals surface area contributed by atoms with Gasteiger partial charge in [0.1, 0.15) is 5.82 Å². The van der Waals surface area contributed by atoms with E-state index in [0.29, 0.717) is 12.1 Å². The Kier molecular flexibility index (Phi) is 4.32. The minimum Gasteiger partial charge on any atom is -0.462 e. The number of esters is 1. The maximum atomic E-state index is 13.0. The molecule has 0 aliphatic carbocycles. The van der Waals surface area contributed by atoms with Crippen LogP contribution in [0, 0.1) is 11.7 Å². The Balaban J connectivity index is 2.95. The fourth-order valence-electron chi connectivity index (χ4n) is 1.20. The molecule has 18 heavy (non-hydrogen) atoms. The average Bonchev–Trinajstić information content (AvgIpc) is 2.24. The van der Waals surface area contributed by atoms with Crippen molar-refractivity contribution >= 4 is 5.97 Å². The third-order valence-electron chi connectivity index (χ3n) is 2.06. The van der Waals surface area contributed by atoms with E-state index in [0.717, 1.165) is 6.07 Å². The van der Waals surface area contributed by atoms with E-state index < -0.39 is 23.5 Å². The summed E-state index contributed by atoms with van der Waals surface area (Å²) in [6.07, 6.45) is -4.83. The third kappa shape index (κ3) is 3.72. The van der Waals surface area contributed by atoms with E-state index in [-0.39, 0.29) is 18.1 Å². The van der Waals surface area contributed by atoms with Gasteiger partial charge in [0.25, 0.3) is 0 Å². The van der Waals surface area contributed by atoms with Crippen LogP contribution < -0.4 is 0 Å². The zero-order chi connectivity index (χ0) is 13.9. The first-order valence-electron chi connectivity index (χ1n) is 5.25. The van der Waals surface area contributed by atoms with Crippen molar-refractivity contribution in [3.05, 3.63) is 35.1 Å². The predicted octanol–water partition coefficient (Wildman–Crippen LogP) is 3.66. The van der Waals surface area contributed by atoms with E-state index in [2.05, 4.69) is 0 Å². The molecule has 0 aromatic heterocycles. The average molecular weight is 264 g/mol. The van der Waals surface area contributed by atoms with Crippen LogP contribution in [0.5, 0.6) is 0 Å². The molecule has 0 saturated heterocycles. The van der Waals surface area contributed by atoms with Crippen LogP contribution in [-0.4, -0.2) is 12.6 Å². The summed E-state index contributed by atoms with van der Waals surface area (Å²) in [5, 5.41) is 0. The minimum atomic E-state index is -4.83. The highest BCUT2D eigenvalue weighted by Gasteiger charge is 2.34. The molecule has 0 N–H and O–H groups in total. The molecule has 0 aliphatic heterocycles. The zero-order valence-corrected chi connectivity index (χ0v) is 9.84. The lowest BCUT2D eigenvalue weighted by molar-refractivity contribution is -0.140.